The lowest BCUT2D eigenvalue weighted by Gasteiger charge is -2.43. The fourth-order valence-corrected chi connectivity index (χ4v) is 4.19. The molecule has 1 fully saturated rings. The van der Waals surface area contributed by atoms with Crippen LogP contribution in [0.1, 0.15) is 29.8 Å². The number of piperidine rings is 1. The van der Waals surface area contributed by atoms with Gasteiger partial charge >= 0.3 is 0 Å². The van der Waals surface area contributed by atoms with E-state index in [4.69, 9.17) is 9.47 Å². The molecule has 2 N–H and O–H groups in total. The van der Waals surface area contributed by atoms with Crippen molar-refractivity contribution in [3.63, 3.8) is 0 Å². The maximum atomic E-state index is 12.7. The van der Waals surface area contributed by atoms with E-state index in [1.165, 1.54) is 5.69 Å². The van der Waals surface area contributed by atoms with E-state index in [9.17, 15) is 4.79 Å². The third-order valence-electron chi connectivity index (χ3n) is 5.76. The van der Waals surface area contributed by atoms with Gasteiger partial charge in [-0.25, -0.2) is 4.98 Å². The molecular weight excluding hydrogens is 356 g/mol. The summed E-state index contributed by atoms with van der Waals surface area (Å²) in [5.74, 6) is 1.35. The first-order chi connectivity index (χ1) is 13.6. The molecule has 3 heterocycles. The molecule has 0 radical (unpaired) electrons. The van der Waals surface area contributed by atoms with Crippen LogP contribution in [0.3, 0.4) is 0 Å². The number of nitrogens with zero attached hydrogens (tertiary/aromatic N) is 2. The number of amides is 1. The predicted octanol–water partition coefficient (Wildman–Crippen LogP) is 2.10. The maximum Gasteiger partial charge on any atom is 0.246 e. The number of hydrogen-bond donors (Lipinski definition) is 2. The highest BCUT2D eigenvalue weighted by Gasteiger charge is 2.41. The Morgan fingerprint density at radius 2 is 2.00 bits per heavy atom. The average molecular weight is 382 g/mol. The number of carbonyl (C=O) groups is 1. The summed E-state index contributed by atoms with van der Waals surface area (Å²) in [4.78, 5) is 22.4. The van der Waals surface area contributed by atoms with E-state index in [1.54, 1.807) is 26.6 Å². The minimum atomic E-state index is -0.0998. The largest absolute Gasteiger partial charge is 0.493 e. The van der Waals surface area contributed by atoms with Gasteiger partial charge in [0.2, 0.25) is 5.91 Å². The summed E-state index contributed by atoms with van der Waals surface area (Å²) in [6.45, 7) is 2.38. The Morgan fingerprint density at radius 1 is 1.21 bits per heavy atom. The van der Waals surface area contributed by atoms with Gasteiger partial charge in [0.25, 0.3) is 0 Å². The predicted molar refractivity (Wildman–Crippen MR) is 106 cm³/mol. The number of likely N-dealkylation sites (tertiary alicyclic amines) is 1. The number of imidazole rings is 1. The monoisotopic (exact) mass is 382 g/mol. The Bertz CT molecular complexity index is 882. The minimum absolute atomic E-state index is 0.0303. The first-order valence-corrected chi connectivity index (χ1v) is 9.62. The molecule has 0 aliphatic carbocycles. The summed E-state index contributed by atoms with van der Waals surface area (Å²) in [5, 5.41) is 3.65. The van der Waals surface area contributed by atoms with Crippen molar-refractivity contribution < 1.29 is 14.3 Å². The van der Waals surface area contributed by atoms with Crippen LogP contribution in [0.15, 0.2) is 30.6 Å². The van der Waals surface area contributed by atoms with E-state index in [-0.39, 0.29) is 11.4 Å². The highest BCUT2D eigenvalue weighted by molar-refractivity contribution is 5.92. The standard InChI is InChI=1S/C21H26N4O3/c1-27-17-5-3-15(13-18(17)28-2)4-6-19(26)25-11-8-21(9-12-25)20-16(7-10-24-21)22-14-23-20/h3-6,13-14,24H,7-12H2,1-2H3,(H,22,23). The maximum absolute atomic E-state index is 12.7. The molecule has 2 aromatic rings. The first-order valence-electron chi connectivity index (χ1n) is 9.62. The molecule has 4 rings (SSSR count). The molecule has 1 saturated heterocycles. The Kier molecular flexibility index (Phi) is 5.09. The molecule has 1 amide bonds. The van der Waals surface area contributed by atoms with Gasteiger partial charge in [-0.3, -0.25) is 4.79 Å². The van der Waals surface area contributed by atoms with Gasteiger partial charge < -0.3 is 24.7 Å². The minimum Gasteiger partial charge on any atom is -0.493 e. The molecule has 0 atom stereocenters. The van der Waals surface area contributed by atoms with E-state index < -0.39 is 0 Å². The molecule has 148 valence electrons. The zero-order chi connectivity index (χ0) is 19.6. The highest BCUT2D eigenvalue weighted by Crippen LogP contribution is 2.36. The molecule has 2 aliphatic rings. The summed E-state index contributed by atoms with van der Waals surface area (Å²) >= 11 is 0. The van der Waals surface area contributed by atoms with Crippen LogP contribution in [0, 0.1) is 0 Å². The third-order valence-corrected chi connectivity index (χ3v) is 5.76. The van der Waals surface area contributed by atoms with Crippen molar-refractivity contribution in [1.29, 1.82) is 0 Å². The summed E-state index contributed by atoms with van der Waals surface area (Å²) in [6, 6.07) is 5.60. The van der Waals surface area contributed by atoms with Gasteiger partial charge in [0.05, 0.1) is 31.8 Å². The van der Waals surface area contributed by atoms with Gasteiger partial charge in [0.15, 0.2) is 11.5 Å². The molecule has 2 aliphatic heterocycles. The third kappa shape index (κ3) is 3.38. The number of nitrogens with one attached hydrogen (secondary N) is 2. The van der Waals surface area contributed by atoms with Crippen LogP contribution in [0.4, 0.5) is 0 Å². The molecule has 1 aromatic heterocycles. The van der Waals surface area contributed by atoms with Crippen molar-refractivity contribution >= 4 is 12.0 Å². The van der Waals surface area contributed by atoms with Crippen molar-refractivity contribution in [2.24, 2.45) is 0 Å². The van der Waals surface area contributed by atoms with Crippen molar-refractivity contribution in [3.05, 3.63) is 47.6 Å². The number of ether oxygens (including phenoxy) is 2. The van der Waals surface area contributed by atoms with Crippen LogP contribution in [0.2, 0.25) is 0 Å². The topological polar surface area (TPSA) is 79.5 Å². The quantitative estimate of drug-likeness (QED) is 0.792. The Morgan fingerprint density at radius 3 is 2.75 bits per heavy atom. The molecule has 28 heavy (non-hydrogen) atoms. The van der Waals surface area contributed by atoms with Crippen LogP contribution in [-0.2, 0) is 16.8 Å². The van der Waals surface area contributed by atoms with Crippen LogP contribution >= 0.6 is 0 Å². The van der Waals surface area contributed by atoms with Crippen molar-refractivity contribution in [2.45, 2.75) is 24.8 Å². The van der Waals surface area contributed by atoms with Gasteiger partial charge in [-0.15, -0.1) is 0 Å². The van der Waals surface area contributed by atoms with Crippen LogP contribution in [-0.4, -0.2) is 54.6 Å². The summed E-state index contributed by atoms with van der Waals surface area (Å²) in [5.41, 5.74) is 3.16. The van der Waals surface area contributed by atoms with E-state index in [2.05, 4.69) is 15.3 Å². The van der Waals surface area contributed by atoms with Gasteiger partial charge in [-0.1, -0.05) is 6.07 Å². The van der Waals surface area contributed by atoms with Crippen LogP contribution in [0.5, 0.6) is 11.5 Å². The Hall–Kier alpha value is -2.80. The Balaban J connectivity index is 1.41. The van der Waals surface area contributed by atoms with Gasteiger partial charge in [-0.05, 0) is 36.6 Å². The molecule has 0 unspecified atom stereocenters. The number of H-pyrrole nitrogens is 1. The number of hydrogen-bond acceptors (Lipinski definition) is 5. The Labute approximate surface area is 164 Å². The number of aromatic nitrogens is 2. The fraction of sp³-hybridized carbons (Fsp3) is 0.429. The second kappa shape index (κ2) is 7.67. The molecule has 0 bridgehead atoms. The van der Waals surface area contributed by atoms with Crippen LogP contribution in [0.25, 0.3) is 6.08 Å². The van der Waals surface area contributed by atoms with Gasteiger partial charge in [0, 0.05) is 37.8 Å². The molecule has 7 nitrogen and oxygen atoms in total. The van der Waals surface area contributed by atoms with Crippen molar-refractivity contribution in [3.8, 4) is 11.5 Å². The van der Waals surface area contributed by atoms with E-state index in [1.807, 2.05) is 29.2 Å². The highest BCUT2D eigenvalue weighted by atomic mass is 16.5. The number of aromatic amines is 1. The average Bonchev–Trinajstić information content (AvgIpc) is 3.23. The summed E-state index contributed by atoms with van der Waals surface area (Å²) < 4.78 is 10.6. The number of fused-ring (bicyclic) bond motifs is 2. The molecule has 7 heteroatoms. The zero-order valence-corrected chi connectivity index (χ0v) is 16.3. The molecule has 1 spiro atoms. The normalized spacial score (nSPS) is 18.3. The van der Waals surface area contributed by atoms with Gasteiger partial charge in [0.1, 0.15) is 0 Å². The zero-order valence-electron chi connectivity index (χ0n) is 16.3. The number of rotatable bonds is 4. The number of benzene rings is 1. The molecule has 1 aromatic carbocycles. The second-order valence-electron chi connectivity index (χ2n) is 7.26. The van der Waals surface area contributed by atoms with E-state index >= 15 is 0 Å². The second-order valence-corrected chi connectivity index (χ2v) is 7.26. The summed E-state index contributed by atoms with van der Waals surface area (Å²) in [7, 11) is 3.21. The smallest absolute Gasteiger partial charge is 0.246 e. The van der Waals surface area contributed by atoms with Gasteiger partial charge in [-0.2, -0.15) is 0 Å². The number of methoxy groups -OCH3 is 2. The van der Waals surface area contributed by atoms with Crippen molar-refractivity contribution in [1.82, 2.24) is 20.2 Å². The van der Waals surface area contributed by atoms with Crippen molar-refractivity contribution in [2.75, 3.05) is 33.9 Å². The van der Waals surface area contributed by atoms with Crippen LogP contribution < -0.4 is 14.8 Å². The lowest BCUT2D eigenvalue weighted by molar-refractivity contribution is -0.127. The van der Waals surface area contributed by atoms with E-state index in [0.717, 1.165) is 37.1 Å². The number of carbonyl (C=O) groups excluding carboxylic acids is 1. The fourth-order valence-electron chi connectivity index (χ4n) is 4.19. The first kappa shape index (κ1) is 18.6. The lowest BCUT2D eigenvalue weighted by atomic mass is 9.80. The molecular formula is C21H26N4O3. The van der Waals surface area contributed by atoms with E-state index in [0.29, 0.717) is 24.6 Å². The SMILES string of the molecule is COc1ccc(C=CC(=O)N2CCC3(CC2)NCCc2[nH]cnc23)cc1OC. The lowest BCUT2D eigenvalue weighted by Crippen LogP contribution is -2.55. The molecule has 0 saturated carbocycles. The summed E-state index contributed by atoms with van der Waals surface area (Å²) in [6.07, 6.45) is 7.96.